The smallest absolute Gasteiger partial charge is 0.204 e. The Labute approximate surface area is 130 Å². The normalized spacial score (nSPS) is 16.9. The van der Waals surface area contributed by atoms with Crippen LogP contribution in [-0.2, 0) is 6.42 Å². The Morgan fingerprint density at radius 3 is 2.90 bits per heavy atom. The Hall–Kier alpha value is -1.07. The van der Waals surface area contributed by atoms with Gasteiger partial charge < -0.3 is 10.5 Å². The van der Waals surface area contributed by atoms with E-state index in [9.17, 15) is 4.79 Å². The molecule has 6 heteroatoms. The van der Waals surface area contributed by atoms with Crippen molar-refractivity contribution in [2.75, 3.05) is 6.54 Å². The highest BCUT2D eigenvalue weighted by atomic mass is 35.5. The average Bonchev–Trinajstić information content (AvgIpc) is 3.10. The highest BCUT2D eigenvalue weighted by Crippen LogP contribution is 2.43. The van der Waals surface area contributed by atoms with Gasteiger partial charge in [0.2, 0.25) is 5.78 Å². The van der Waals surface area contributed by atoms with E-state index in [1.807, 2.05) is 11.4 Å². The summed E-state index contributed by atoms with van der Waals surface area (Å²) in [5.74, 6) is 0.431. The molecule has 0 amide bonds. The molecule has 0 spiro atoms. The van der Waals surface area contributed by atoms with Crippen LogP contribution in [0.4, 0.5) is 0 Å². The molecule has 1 unspecified atom stereocenters. The van der Waals surface area contributed by atoms with E-state index >= 15 is 0 Å². The predicted molar refractivity (Wildman–Crippen MR) is 81.4 cm³/mol. The molecule has 0 saturated carbocycles. The molecule has 0 aliphatic carbocycles. The van der Waals surface area contributed by atoms with Gasteiger partial charge in [0.05, 0.1) is 9.90 Å². The van der Waals surface area contributed by atoms with Gasteiger partial charge in [-0.15, -0.1) is 11.3 Å². The molecule has 0 bridgehead atoms. The third kappa shape index (κ3) is 2.23. The zero-order chi connectivity index (χ0) is 14.3. The standard InChI is InChI=1S/C14H11Cl2NO2S/c15-11-9(13(18)10-2-1-3-20-10)5-7-4-8(6-17)19-14(7)12(11)16/h1-3,5,8H,4,6,17H2. The predicted octanol–water partition coefficient (Wildman–Crippen LogP) is 3.55. The van der Waals surface area contributed by atoms with E-state index in [1.54, 1.807) is 12.1 Å². The largest absolute Gasteiger partial charge is 0.487 e. The van der Waals surface area contributed by atoms with E-state index in [0.717, 1.165) is 5.56 Å². The molecule has 0 fully saturated rings. The number of ether oxygens (including phenoxy) is 1. The van der Waals surface area contributed by atoms with Crippen molar-refractivity contribution in [3.63, 3.8) is 0 Å². The first-order valence-corrected chi connectivity index (χ1v) is 7.71. The molecule has 3 nitrogen and oxygen atoms in total. The molecule has 2 heterocycles. The van der Waals surface area contributed by atoms with Crippen LogP contribution < -0.4 is 10.5 Å². The number of thiophene rings is 1. The average molecular weight is 328 g/mol. The van der Waals surface area contributed by atoms with E-state index in [2.05, 4.69) is 0 Å². The second-order valence-electron chi connectivity index (χ2n) is 4.53. The van der Waals surface area contributed by atoms with Crippen molar-refractivity contribution in [1.29, 1.82) is 0 Å². The van der Waals surface area contributed by atoms with Gasteiger partial charge in [-0.2, -0.15) is 0 Å². The number of hydrogen-bond donors (Lipinski definition) is 1. The van der Waals surface area contributed by atoms with Crippen LogP contribution in [0.5, 0.6) is 5.75 Å². The van der Waals surface area contributed by atoms with Crippen LogP contribution >= 0.6 is 34.5 Å². The fraction of sp³-hybridized carbons (Fsp3) is 0.214. The summed E-state index contributed by atoms with van der Waals surface area (Å²) in [4.78, 5) is 13.1. The van der Waals surface area contributed by atoms with E-state index in [-0.39, 0.29) is 16.9 Å². The summed E-state index contributed by atoms with van der Waals surface area (Å²) in [5, 5.41) is 2.38. The number of carbonyl (C=O) groups is 1. The van der Waals surface area contributed by atoms with Gasteiger partial charge in [0.25, 0.3) is 0 Å². The van der Waals surface area contributed by atoms with Crippen molar-refractivity contribution in [3.8, 4) is 5.75 Å². The zero-order valence-electron chi connectivity index (χ0n) is 10.4. The number of halogens is 2. The molecule has 3 rings (SSSR count). The first-order chi connectivity index (χ1) is 9.61. The summed E-state index contributed by atoms with van der Waals surface area (Å²) in [6.45, 7) is 0.400. The van der Waals surface area contributed by atoms with Gasteiger partial charge in [0.15, 0.2) is 0 Å². The molecular weight excluding hydrogens is 317 g/mol. The van der Waals surface area contributed by atoms with Gasteiger partial charge in [-0.05, 0) is 17.5 Å². The number of fused-ring (bicyclic) bond motifs is 1. The Bertz CT molecular complexity index is 670. The zero-order valence-corrected chi connectivity index (χ0v) is 12.7. The van der Waals surface area contributed by atoms with Crippen LogP contribution in [0.25, 0.3) is 0 Å². The highest BCUT2D eigenvalue weighted by Gasteiger charge is 2.29. The number of nitrogens with two attached hydrogens (primary N) is 1. The summed E-state index contributed by atoms with van der Waals surface area (Å²) in [6, 6.07) is 5.36. The molecule has 1 aliphatic rings. The Morgan fingerprint density at radius 1 is 1.45 bits per heavy atom. The minimum Gasteiger partial charge on any atom is -0.487 e. The Balaban J connectivity index is 2.07. The Morgan fingerprint density at radius 2 is 2.25 bits per heavy atom. The molecule has 2 N–H and O–H groups in total. The van der Waals surface area contributed by atoms with Gasteiger partial charge in [0.1, 0.15) is 16.9 Å². The second kappa shape index (κ2) is 5.37. The number of ketones is 1. The number of benzene rings is 1. The molecular formula is C14H11Cl2NO2S. The first kappa shape index (κ1) is 13.9. The highest BCUT2D eigenvalue weighted by molar-refractivity contribution is 7.12. The minimum atomic E-state index is -0.120. The van der Waals surface area contributed by atoms with Gasteiger partial charge >= 0.3 is 0 Å². The van der Waals surface area contributed by atoms with Crippen LogP contribution in [0.1, 0.15) is 20.8 Å². The third-order valence-electron chi connectivity index (χ3n) is 3.22. The lowest BCUT2D eigenvalue weighted by Gasteiger charge is -2.10. The maximum atomic E-state index is 12.4. The molecule has 2 aromatic rings. The van der Waals surface area contributed by atoms with Crippen molar-refractivity contribution < 1.29 is 9.53 Å². The van der Waals surface area contributed by atoms with Crippen LogP contribution in [0.3, 0.4) is 0 Å². The molecule has 20 heavy (non-hydrogen) atoms. The van der Waals surface area contributed by atoms with Crippen LogP contribution in [0.15, 0.2) is 23.6 Å². The maximum Gasteiger partial charge on any atom is 0.204 e. The van der Waals surface area contributed by atoms with Crippen LogP contribution in [-0.4, -0.2) is 18.4 Å². The van der Waals surface area contributed by atoms with Crippen LogP contribution in [0, 0.1) is 0 Å². The van der Waals surface area contributed by atoms with Crippen molar-refractivity contribution in [1.82, 2.24) is 0 Å². The SMILES string of the molecule is NCC1Cc2cc(C(=O)c3cccs3)c(Cl)c(Cl)c2O1. The van der Waals surface area contributed by atoms with Gasteiger partial charge in [0, 0.05) is 24.1 Å². The van der Waals surface area contributed by atoms with E-state index < -0.39 is 0 Å². The van der Waals surface area contributed by atoms with Crippen LogP contribution in [0.2, 0.25) is 10.0 Å². The summed E-state index contributed by atoms with van der Waals surface area (Å²) in [6.07, 6.45) is 0.540. The fourth-order valence-electron chi connectivity index (χ4n) is 2.23. The van der Waals surface area contributed by atoms with Gasteiger partial charge in [-0.1, -0.05) is 29.3 Å². The first-order valence-electron chi connectivity index (χ1n) is 6.07. The summed E-state index contributed by atoms with van der Waals surface area (Å²) in [7, 11) is 0. The second-order valence-corrected chi connectivity index (χ2v) is 6.23. The minimum absolute atomic E-state index is 0.106. The van der Waals surface area contributed by atoms with Crippen molar-refractivity contribution in [2.45, 2.75) is 12.5 Å². The lowest BCUT2D eigenvalue weighted by molar-refractivity contribution is 0.104. The van der Waals surface area contributed by atoms with Crippen molar-refractivity contribution in [3.05, 3.63) is 49.6 Å². The molecule has 1 aromatic carbocycles. The lowest BCUT2D eigenvalue weighted by atomic mass is 10.0. The quantitative estimate of drug-likeness (QED) is 0.877. The summed E-state index contributed by atoms with van der Waals surface area (Å²) < 4.78 is 5.64. The maximum absolute atomic E-state index is 12.4. The molecule has 1 aromatic heterocycles. The Kier molecular flexibility index (Phi) is 3.73. The molecule has 0 saturated heterocycles. The number of carbonyl (C=O) groups excluding carboxylic acids is 1. The fourth-order valence-corrected chi connectivity index (χ4v) is 3.40. The van der Waals surface area contributed by atoms with Gasteiger partial charge in [-0.3, -0.25) is 4.79 Å². The van der Waals surface area contributed by atoms with E-state index in [0.29, 0.717) is 34.2 Å². The molecule has 1 atom stereocenters. The van der Waals surface area contributed by atoms with Gasteiger partial charge in [-0.25, -0.2) is 0 Å². The molecule has 1 aliphatic heterocycles. The number of hydrogen-bond acceptors (Lipinski definition) is 4. The number of rotatable bonds is 3. The summed E-state index contributed by atoms with van der Waals surface area (Å²) in [5.41, 5.74) is 6.91. The van der Waals surface area contributed by atoms with Crippen molar-refractivity contribution >= 4 is 40.3 Å². The van der Waals surface area contributed by atoms with E-state index in [1.165, 1.54) is 11.3 Å². The van der Waals surface area contributed by atoms with E-state index in [4.69, 9.17) is 33.7 Å². The lowest BCUT2D eigenvalue weighted by Crippen LogP contribution is -2.24. The summed E-state index contributed by atoms with van der Waals surface area (Å²) >= 11 is 13.8. The third-order valence-corrected chi connectivity index (χ3v) is 4.94. The topological polar surface area (TPSA) is 52.3 Å². The molecule has 0 radical (unpaired) electrons. The monoisotopic (exact) mass is 327 g/mol. The van der Waals surface area contributed by atoms with Crippen molar-refractivity contribution in [2.24, 2.45) is 5.73 Å². The molecule has 104 valence electrons.